The lowest BCUT2D eigenvalue weighted by molar-refractivity contribution is -0.167. The lowest BCUT2D eigenvalue weighted by Gasteiger charge is -2.18. The largest absolute Gasteiger partial charge is 0.462 e. The van der Waals surface area contributed by atoms with Gasteiger partial charge in [0.25, 0.3) is 0 Å². The zero-order chi connectivity index (χ0) is 48.6. The molecule has 0 rings (SSSR count). The van der Waals surface area contributed by atoms with Gasteiger partial charge in [-0.25, -0.2) is 0 Å². The standard InChI is InChI=1S/C61H104O6/c1-4-7-10-13-16-19-22-24-25-26-27-28-29-30-31-32-33-34-35-36-37-38-40-42-45-48-51-54-60(63)66-57-58(56-65-59(62)53-50-47-44-41-21-18-15-12-9-6-3)67-61(64)55-52-49-46-43-39-23-20-17-14-11-8-5-2/h7,10,16,19,24-25,27-28,30-31,33-34,36-37,58H,4-6,8-9,11-15,17-18,20-23,26,29,32,35,38-57H2,1-3H3/b10-7-,19-16-,25-24-,28-27-,31-30-,34-33-,37-36-. The molecule has 0 aromatic rings. The Morgan fingerprint density at radius 3 is 0.910 bits per heavy atom. The van der Waals surface area contributed by atoms with Crippen LogP contribution < -0.4 is 0 Å². The third-order valence-electron chi connectivity index (χ3n) is 11.9. The zero-order valence-corrected chi connectivity index (χ0v) is 43.9. The molecule has 0 aromatic carbocycles. The lowest BCUT2D eigenvalue weighted by Crippen LogP contribution is -2.30. The number of carbonyl (C=O) groups excluding carboxylic acids is 3. The number of carbonyl (C=O) groups is 3. The average Bonchev–Trinajstić information content (AvgIpc) is 3.33. The quantitative estimate of drug-likeness (QED) is 0.0262. The van der Waals surface area contributed by atoms with Crippen molar-refractivity contribution in [1.29, 1.82) is 0 Å². The predicted octanol–water partition coefficient (Wildman–Crippen LogP) is 18.8. The maximum atomic E-state index is 12.8. The van der Waals surface area contributed by atoms with E-state index >= 15 is 0 Å². The van der Waals surface area contributed by atoms with Crippen molar-refractivity contribution in [2.45, 2.75) is 271 Å². The van der Waals surface area contributed by atoms with E-state index in [0.717, 1.165) is 122 Å². The summed E-state index contributed by atoms with van der Waals surface area (Å²) in [5, 5.41) is 0. The maximum absolute atomic E-state index is 12.8. The van der Waals surface area contributed by atoms with Crippen molar-refractivity contribution in [3.63, 3.8) is 0 Å². The van der Waals surface area contributed by atoms with Crippen LogP contribution in [0, 0.1) is 0 Å². The van der Waals surface area contributed by atoms with E-state index in [9.17, 15) is 14.4 Å². The minimum absolute atomic E-state index is 0.0795. The Hall–Kier alpha value is -3.41. The Kier molecular flexibility index (Phi) is 52.4. The summed E-state index contributed by atoms with van der Waals surface area (Å²) in [5.41, 5.74) is 0. The van der Waals surface area contributed by atoms with Crippen LogP contribution in [0.2, 0.25) is 0 Å². The maximum Gasteiger partial charge on any atom is 0.306 e. The van der Waals surface area contributed by atoms with Gasteiger partial charge < -0.3 is 14.2 Å². The van der Waals surface area contributed by atoms with Crippen LogP contribution in [0.15, 0.2) is 85.1 Å². The van der Waals surface area contributed by atoms with Gasteiger partial charge in [-0.15, -0.1) is 0 Å². The molecule has 0 aliphatic rings. The van der Waals surface area contributed by atoms with Crippen LogP contribution in [0.3, 0.4) is 0 Å². The van der Waals surface area contributed by atoms with E-state index in [1.807, 2.05) is 0 Å². The molecule has 0 spiro atoms. The molecule has 0 heterocycles. The molecule has 1 atom stereocenters. The zero-order valence-electron chi connectivity index (χ0n) is 43.9. The Bertz CT molecular complexity index is 1300. The van der Waals surface area contributed by atoms with Crippen molar-refractivity contribution in [3.8, 4) is 0 Å². The van der Waals surface area contributed by atoms with E-state index in [4.69, 9.17) is 14.2 Å². The molecule has 0 aliphatic carbocycles. The second-order valence-corrected chi connectivity index (χ2v) is 18.5. The summed E-state index contributed by atoms with van der Waals surface area (Å²) in [6.07, 6.45) is 71.5. The van der Waals surface area contributed by atoms with Gasteiger partial charge in [-0.05, 0) is 77.0 Å². The molecule has 0 fully saturated rings. The van der Waals surface area contributed by atoms with Gasteiger partial charge in [0.2, 0.25) is 0 Å². The molecule has 6 nitrogen and oxygen atoms in total. The van der Waals surface area contributed by atoms with Crippen molar-refractivity contribution in [2.24, 2.45) is 0 Å². The lowest BCUT2D eigenvalue weighted by atomic mass is 10.0. The van der Waals surface area contributed by atoms with Gasteiger partial charge in [0.05, 0.1) is 0 Å². The summed E-state index contributed by atoms with van der Waals surface area (Å²) in [6.45, 7) is 6.50. The fraction of sp³-hybridized carbons (Fsp3) is 0.721. The van der Waals surface area contributed by atoms with Crippen LogP contribution in [0.1, 0.15) is 265 Å². The Balaban J connectivity index is 4.27. The van der Waals surface area contributed by atoms with Crippen molar-refractivity contribution < 1.29 is 28.6 Å². The molecule has 0 aliphatic heterocycles. The van der Waals surface area contributed by atoms with Crippen molar-refractivity contribution in [3.05, 3.63) is 85.1 Å². The smallest absolute Gasteiger partial charge is 0.306 e. The number of ether oxygens (including phenoxy) is 3. The Labute approximate surface area is 414 Å². The summed E-state index contributed by atoms with van der Waals surface area (Å²) in [4.78, 5) is 38.0. The molecule has 0 saturated heterocycles. The number of allylic oxidation sites excluding steroid dienone is 14. The third kappa shape index (κ3) is 53.4. The van der Waals surface area contributed by atoms with Crippen LogP contribution in [0.4, 0.5) is 0 Å². The van der Waals surface area contributed by atoms with Gasteiger partial charge in [-0.2, -0.15) is 0 Å². The minimum Gasteiger partial charge on any atom is -0.462 e. The highest BCUT2D eigenvalue weighted by molar-refractivity contribution is 5.71. The van der Waals surface area contributed by atoms with Gasteiger partial charge >= 0.3 is 17.9 Å². The number of hydrogen-bond acceptors (Lipinski definition) is 6. The van der Waals surface area contributed by atoms with Crippen LogP contribution in [0.5, 0.6) is 0 Å². The Morgan fingerprint density at radius 2 is 0.582 bits per heavy atom. The molecule has 1 unspecified atom stereocenters. The van der Waals surface area contributed by atoms with E-state index in [1.165, 1.54) is 103 Å². The molecular formula is C61H104O6. The number of hydrogen-bond donors (Lipinski definition) is 0. The topological polar surface area (TPSA) is 78.9 Å². The monoisotopic (exact) mass is 933 g/mol. The van der Waals surface area contributed by atoms with Gasteiger partial charge in [-0.1, -0.05) is 254 Å². The van der Waals surface area contributed by atoms with E-state index in [-0.39, 0.29) is 31.1 Å². The minimum atomic E-state index is -0.780. The average molecular weight is 933 g/mol. The summed E-state index contributed by atoms with van der Waals surface area (Å²) >= 11 is 0. The van der Waals surface area contributed by atoms with E-state index in [2.05, 4.69) is 106 Å². The Morgan fingerprint density at radius 1 is 0.313 bits per heavy atom. The molecule has 67 heavy (non-hydrogen) atoms. The van der Waals surface area contributed by atoms with Gasteiger partial charge in [0, 0.05) is 19.3 Å². The van der Waals surface area contributed by atoms with E-state index in [0.29, 0.717) is 19.3 Å². The first-order chi connectivity index (χ1) is 33.0. The molecule has 6 heteroatoms. The normalized spacial score (nSPS) is 12.7. The number of unbranched alkanes of at least 4 members (excludes halogenated alkanes) is 25. The number of rotatable bonds is 50. The predicted molar refractivity (Wildman–Crippen MR) is 288 cm³/mol. The molecule has 0 bridgehead atoms. The van der Waals surface area contributed by atoms with Gasteiger partial charge in [-0.3, -0.25) is 14.4 Å². The fourth-order valence-electron chi connectivity index (χ4n) is 7.72. The summed E-state index contributed by atoms with van der Waals surface area (Å²) in [6, 6.07) is 0. The number of esters is 3. The fourth-order valence-corrected chi connectivity index (χ4v) is 7.72. The van der Waals surface area contributed by atoms with Crippen LogP contribution in [-0.2, 0) is 28.6 Å². The molecule has 0 N–H and O–H groups in total. The van der Waals surface area contributed by atoms with E-state index in [1.54, 1.807) is 0 Å². The summed E-state index contributed by atoms with van der Waals surface area (Å²) in [7, 11) is 0. The van der Waals surface area contributed by atoms with E-state index < -0.39 is 6.10 Å². The van der Waals surface area contributed by atoms with Crippen molar-refractivity contribution in [1.82, 2.24) is 0 Å². The molecule has 384 valence electrons. The summed E-state index contributed by atoms with van der Waals surface area (Å²) in [5.74, 6) is -0.897. The first kappa shape index (κ1) is 63.6. The highest BCUT2D eigenvalue weighted by atomic mass is 16.6. The second kappa shape index (κ2) is 55.2. The third-order valence-corrected chi connectivity index (χ3v) is 11.9. The highest BCUT2D eigenvalue weighted by Crippen LogP contribution is 2.15. The molecule has 0 aromatic heterocycles. The highest BCUT2D eigenvalue weighted by Gasteiger charge is 2.19. The molecule has 0 saturated carbocycles. The van der Waals surface area contributed by atoms with Gasteiger partial charge in [0.1, 0.15) is 13.2 Å². The SMILES string of the molecule is CC/C=C\C/C=C\C/C=C\C/C=C\C/C=C\C/C=C\C/C=C\CCCCCCCC(=O)OCC(COC(=O)CCCCCCCCCCCC)OC(=O)CCCCCCCCCCCCCC. The van der Waals surface area contributed by atoms with Crippen LogP contribution in [0.25, 0.3) is 0 Å². The van der Waals surface area contributed by atoms with Crippen molar-refractivity contribution in [2.75, 3.05) is 13.2 Å². The first-order valence-electron chi connectivity index (χ1n) is 28.1. The summed E-state index contributed by atoms with van der Waals surface area (Å²) < 4.78 is 16.8. The second-order valence-electron chi connectivity index (χ2n) is 18.5. The molecule has 0 amide bonds. The van der Waals surface area contributed by atoms with Crippen LogP contribution in [-0.4, -0.2) is 37.2 Å². The van der Waals surface area contributed by atoms with Crippen molar-refractivity contribution >= 4 is 17.9 Å². The van der Waals surface area contributed by atoms with Gasteiger partial charge in [0.15, 0.2) is 6.10 Å². The molecular weight excluding hydrogens is 829 g/mol. The van der Waals surface area contributed by atoms with Crippen LogP contribution >= 0.6 is 0 Å². The molecule has 0 radical (unpaired) electrons. The first-order valence-corrected chi connectivity index (χ1v) is 28.1.